The summed E-state index contributed by atoms with van der Waals surface area (Å²) >= 11 is 12.1. The minimum absolute atomic E-state index is 0.114. The summed E-state index contributed by atoms with van der Waals surface area (Å²) in [6.45, 7) is 0. The fourth-order valence-electron chi connectivity index (χ4n) is 1.86. The van der Waals surface area contributed by atoms with E-state index in [0.29, 0.717) is 15.6 Å². The van der Waals surface area contributed by atoms with Crippen LogP contribution in [0.15, 0.2) is 48.2 Å². The van der Waals surface area contributed by atoms with E-state index in [9.17, 15) is 0 Å². The van der Waals surface area contributed by atoms with Gasteiger partial charge in [0.05, 0.1) is 5.70 Å². The maximum Gasteiger partial charge on any atom is 0.151 e. The van der Waals surface area contributed by atoms with E-state index in [1.165, 1.54) is 0 Å². The summed E-state index contributed by atoms with van der Waals surface area (Å²) in [6.07, 6.45) is 0. The SMILES string of the molecule is N#C/C(NN)=C(/N)c1ccc(-c2cc(Cl)ccc2Cl)cc1. The molecule has 0 amide bonds. The molecule has 0 fully saturated rings. The number of hydrogen-bond donors (Lipinski definition) is 3. The summed E-state index contributed by atoms with van der Waals surface area (Å²) in [5.74, 6) is 5.24. The average Bonchev–Trinajstić information content (AvgIpc) is 2.51. The quantitative estimate of drug-likeness (QED) is 0.460. The van der Waals surface area contributed by atoms with Gasteiger partial charge >= 0.3 is 0 Å². The third-order valence-electron chi connectivity index (χ3n) is 2.96. The van der Waals surface area contributed by atoms with E-state index in [-0.39, 0.29) is 11.4 Å². The molecule has 106 valence electrons. The highest BCUT2D eigenvalue weighted by atomic mass is 35.5. The first kappa shape index (κ1) is 15.2. The lowest BCUT2D eigenvalue weighted by Crippen LogP contribution is -2.23. The molecule has 5 N–H and O–H groups in total. The molecule has 2 aromatic carbocycles. The van der Waals surface area contributed by atoms with Gasteiger partial charge in [0.25, 0.3) is 0 Å². The number of nitrogens with zero attached hydrogens (tertiary/aromatic N) is 1. The van der Waals surface area contributed by atoms with Crippen LogP contribution < -0.4 is 17.0 Å². The Labute approximate surface area is 132 Å². The minimum atomic E-state index is 0.114. The predicted octanol–water partition coefficient (Wildman–Crippen LogP) is 3.27. The number of nitrogens with two attached hydrogens (primary N) is 2. The number of hydrazine groups is 1. The average molecular weight is 319 g/mol. The molecule has 0 atom stereocenters. The van der Waals surface area contributed by atoms with Crippen LogP contribution >= 0.6 is 23.2 Å². The van der Waals surface area contributed by atoms with Crippen molar-refractivity contribution in [2.45, 2.75) is 0 Å². The van der Waals surface area contributed by atoms with Gasteiger partial charge in [-0.05, 0) is 23.8 Å². The zero-order valence-electron chi connectivity index (χ0n) is 10.9. The Morgan fingerprint density at radius 2 is 1.76 bits per heavy atom. The Hall–Kier alpha value is -2.19. The molecule has 0 spiro atoms. The fraction of sp³-hybridized carbons (Fsp3) is 0. The Balaban J connectivity index is 2.43. The van der Waals surface area contributed by atoms with E-state index in [2.05, 4.69) is 5.43 Å². The zero-order chi connectivity index (χ0) is 15.4. The number of nitrogens with one attached hydrogen (secondary N) is 1. The van der Waals surface area contributed by atoms with Gasteiger partial charge in [-0.1, -0.05) is 47.5 Å². The van der Waals surface area contributed by atoms with Crippen molar-refractivity contribution in [3.63, 3.8) is 0 Å². The second-order valence-electron chi connectivity index (χ2n) is 4.25. The Kier molecular flexibility index (Phi) is 4.71. The first-order valence-electron chi connectivity index (χ1n) is 5.99. The molecule has 0 aromatic heterocycles. The van der Waals surface area contributed by atoms with Crippen LogP contribution in [0.5, 0.6) is 0 Å². The monoisotopic (exact) mass is 318 g/mol. The summed E-state index contributed by atoms with van der Waals surface area (Å²) in [5, 5.41) is 10.1. The van der Waals surface area contributed by atoms with E-state index < -0.39 is 0 Å². The van der Waals surface area contributed by atoms with Gasteiger partial charge in [-0.2, -0.15) is 5.26 Å². The molecule has 4 nitrogen and oxygen atoms in total. The lowest BCUT2D eigenvalue weighted by Gasteiger charge is -2.08. The van der Waals surface area contributed by atoms with Crippen molar-refractivity contribution < 1.29 is 0 Å². The molecule has 0 unspecified atom stereocenters. The fourth-order valence-corrected chi connectivity index (χ4v) is 2.26. The van der Waals surface area contributed by atoms with Gasteiger partial charge in [-0.3, -0.25) is 0 Å². The number of benzene rings is 2. The van der Waals surface area contributed by atoms with E-state index >= 15 is 0 Å². The molecule has 0 aliphatic carbocycles. The lowest BCUT2D eigenvalue weighted by atomic mass is 10.0. The largest absolute Gasteiger partial charge is 0.396 e. The Bertz CT molecular complexity index is 730. The third kappa shape index (κ3) is 3.29. The molecule has 0 aliphatic rings. The Morgan fingerprint density at radius 1 is 1.10 bits per heavy atom. The van der Waals surface area contributed by atoms with Gasteiger partial charge in [0.1, 0.15) is 6.07 Å². The molecule has 0 aliphatic heterocycles. The van der Waals surface area contributed by atoms with Gasteiger partial charge in [0.2, 0.25) is 0 Å². The topological polar surface area (TPSA) is 87.9 Å². The van der Waals surface area contributed by atoms with Crippen molar-refractivity contribution in [2.75, 3.05) is 0 Å². The van der Waals surface area contributed by atoms with Crippen LogP contribution in [0.1, 0.15) is 5.56 Å². The van der Waals surface area contributed by atoms with Crippen LogP contribution in [0.4, 0.5) is 0 Å². The smallest absolute Gasteiger partial charge is 0.151 e. The summed E-state index contributed by atoms with van der Waals surface area (Å²) in [5.41, 5.74) is 11.0. The maximum absolute atomic E-state index is 8.89. The van der Waals surface area contributed by atoms with Crippen LogP contribution in [0.2, 0.25) is 10.0 Å². The molecule has 0 saturated heterocycles. The third-order valence-corrected chi connectivity index (χ3v) is 3.53. The molecule has 0 radical (unpaired) electrons. The van der Waals surface area contributed by atoms with Crippen LogP contribution in [-0.4, -0.2) is 0 Å². The molecule has 2 rings (SSSR count). The molecule has 21 heavy (non-hydrogen) atoms. The molecule has 0 saturated carbocycles. The van der Waals surface area contributed by atoms with Gasteiger partial charge in [0, 0.05) is 21.2 Å². The number of allylic oxidation sites excluding steroid dienone is 1. The van der Waals surface area contributed by atoms with Gasteiger partial charge in [-0.25, -0.2) is 5.84 Å². The standard InChI is InChI=1S/C15H12Cl2N4/c16-11-5-6-13(17)12(7-11)9-1-3-10(4-2-9)15(19)14(8-18)21-20/h1-7,21H,19-20H2/b15-14-. The molecule has 2 aromatic rings. The normalized spacial score (nSPS) is 11.5. The highest BCUT2D eigenvalue weighted by molar-refractivity contribution is 6.35. The lowest BCUT2D eigenvalue weighted by molar-refractivity contribution is 0.920. The van der Waals surface area contributed by atoms with Crippen LogP contribution in [0.3, 0.4) is 0 Å². The molecular formula is C15H12Cl2N4. The van der Waals surface area contributed by atoms with Crippen LogP contribution in [0, 0.1) is 11.3 Å². The maximum atomic E-state index is 8.89. The highest BCUT2D eigenvalue weighted by Gasteiger charge is 2.07. The van der Waals surface area contributed by atoms with Crippen molar-refractivity contribution in [3.8, 4) is 17.2 Å². The summed E-state index contributed by atoms with van der Waals surface area (Å²) < 4.78 is 0. The second-order valence-corrected chi connectivity index (χ2v) is 5.09. The number of halogens is 2. The summed E-state index contributed by atoms with van der Waals surface area (Å²) in [4.78, 5) is 0. The van der Waals surface area contributed by atoms with Crippen molar-refractivity contribution in [2.24, 2.45) is 11.6 Å². The van der Waals surface area contributed by atoms with Crippen molar-refractivity contribution in [3.05, 3.63) is 63.8 Å². The van der Waals surface area contributed by atoms with E-state index in [1.54, 1.807) is 30.3 Å². The van der Waals surface area contributed by atoms with E-state index in [4.69, 9.17) is 40.0 Å². The van der Waals surface area contributed by atoms with Crippen LogP contribution in [-0.2, 0) is 0 Å². The first-order valence-corrected chi connectivity index (χ1v) is 6.74. The van der Waals surface area contributed by atoms with Gasteiger partial charge in [-0.15, -0.1) is 0 Å². The highest BCUT2D eigenvalue weighted by Crippen LogP contribution is 2.31. The first-order chi connectivity index (χ1) is 10.1. The van der Waals surface area contributed by atoms with Gasteiger partial charge in [0.15, 0.2) is 5.70 Å². The molecule has 0 heterocycles. The van der Waals surface area contributed by atoms with Crippen molar-refractivity contribution in [1.82, 2.24) is 5.43 Å². The minimum Gasteiger partial charge on any atom is -0.396 e. The molecular weight excluding hydrogens is 307 g/mol. The predicted molar refractivity (Wildman–Crippen MR) is 85.9 cm³/mol. The summed E-state index contributed by atoms with van der Waals surface area (Å²) in [7, 11) is 0. The molecule has 0 bridgehead atoms. The number of rotatable bonds is 3. The van der Waals surface area contributed by atoms with Crippen molar-refractivity contribution >= 4 is 28.9 Å². The Morgan fingerprint density at radius 3 is 2.33 bits per heavy atom. The van der Waals surface area contributed by atoms with E-state index in [0.717, 1.165) is 11.1 Å². The number of nitriles is 1. The van der Waals surface area contributed by atoms with Crippen LogP contribution in [0.25, 0.3) is 16.8 Å². The number of hydrogen-bond acceptors (Lipinski definition) is 4. The molecule has 6 heteroatoms. The zero-order valence-corrected chi connectivity index (χ0v) is 12.4. The summed E-state index contributed by atoms with van der Waals surface area (Å²) in [6, 6.07) is 14.4. The van der Waals surface area contributed by atoms with Crippen molar-refractivity contribution in [1.29, 1.82) is 5.26 Å². The van der Waals surface area contributed by atoms with Gasteiger partial charge < -0.3 is 11.2 Å². The van der Waals surface area contributed by atoms with E-state index in [1.807, 2.05) is 18.2 Å². The second kappa shape index (κ2) is 6.51.